The van der Waals surface area contributed by atoms with Gasteiger partial charge < -0.3 is 15.0 Å². The predicted molar refractivity (Wildman–Crippen MR) is 88.8 cm³/mol. The van der Waals surface area contributed by atoms with Gasteiger partial charge in [0.15, 0.2) is 0 Å². The zero-order valence-electron chi connectivity index (χ0n) is 13.4. The third kappa shape index (κ3) is 6.49. The second-order valence-corrected chi connectivity index (χ2v) is 5.93. The van der Waals surface area contributed by atoms with Crippen LogP contribution < -0.4 is 10.1 Å². The van der Waals surface area contributed by atoms with Gasteiger partial charge in [-0.1, -0.05) is 25.5 Å². The van der Waals surface area contributed by atoms with Gasteiger partial charge >= 0.3 is 0 Å². The van der Waals surface area contributed by atoms with Crippen LogP contribution in [0.4, 0.5) is 0 Å². The van der Waals surface area contributed by atoms with Gasteiger partial charge in [-0.2, -0.15) is 0 Å². The second-order valence-electron chi connectivity index (χ2n) is 5.93. The van der Waals surface area contributed by atoms with E-state index >= 15 is 0 Å². The van der Waals surface area contributed by atoms with Gasteiger partial charge in [-0.05, 0) is 69.6 Å². The molecule has 1 aliphatic heterocycles. The van der Waals surface area contributed by atoms with E-state index in [4.69, 9.17) is 4.74 Å². The summed E-state index contributed by atoms with van der Waals surface area (Å²) in [6, 6.07) is 8.48. The molecule has 1 aromatic carbocycles. The topological polar surface area (TPSA) is 24.5 Å². The van der Waals surface area contributed by atoms with Crippen LogP contribution in [0.1, 0.15) is 44.6 Å². The van der Waals surface area contributed by atoms with Gasteiger partial charge in [-0.15, -0.1) is 0 Å². The molecule has 1 aliphatic rings. The third-order valence-corrected chi connectivity index (χ3v) is 4.05. The summed E-state index contributed by atoms with van der Waals surface area (Å²) in [5.41, 5.74) is 1.33. The molecule has 0 saturated carbocycles. The molecule has 3 nitrogen and oxygen atoms in total. The van der Waals surface area contributed by atoms with Gasteiger partial charge in [0, 0.05) is 6.54 Å². The van der Waals surface area contributed by atoms with Crippen LogP contribution in [0.25, 0.3) is 0 Å². The normalized spacial score (nSPS) is 15.5. The zero-order valence-corrected chi connectivity index (χ0v) is 13.4. The van der Waals surface area contributed by atoms with Crippen molar-refractivity contribution in [1.29, 1.82) is 0 Å². The van der Waals surface area contributed by atoms with E-state index in [2.05, 4.69) is 41.4 Å². The fourth-order valence-electron chi connectivity index (χ4n) is 2.70. The molecule has 0 bridgehead atoms. The molecule has 1 saturated heterocycles. The van der Waals surface area contributed by atoms with Crippen LogP contribution in [-0.4, -0.2) is 37.7 Å². The molecule has 1 heterocycles. The Morgan fingerprint density at radius 2 is 1.86 bits per heavy atom. The number of nitrogens with one attached hydrogen (secondary N) is 1. The summed E-state index contributed by atoms with van der Waals surface area (Å²) in [5, 5.41) is 3.53. The van der Waals surface area contributed by atoms with Crippen molar-refractivity contribution >= 4 is 0 Å². The minimum Gasteiger partial charge on any atom is -0.494 e. The molecule has 2 rings (SSSR count). The molecule has 1 aromatic rings. The van der Waals surface area contributed by atoms with E-state index in [0.717, 1.165) is 31.9 Å². The predicted octanol–water partition coefficient (Wildman–Crippen LogP) is 3.44. The van der Waals surface area contributed by atoms with E-state index in [1.807, 2.05) is 0 Å². The first-order valence-electron chi connectivity index (χ1n) is 8.53. The lowest BCUT2D eigenvalue weighted by Gasteiger charge is -2.14. The number of likely N-dealkylation sites (tertiary alicyclic amines) is 1. The van der Waals surface area contributed by atoms with E-state index in [0.29, 0.717) is 0 Å². The maximum absolute atomic E-state index is 5.68. The summed E-state index contributed by atoms with van der Waals surface area (Å²) in [5.74, 6) is 0.987. The largest absolute Gasteiger partial charge is 0.494 e. The number of rotatable bonds is 10. The maximum atomic E-state index is 5.68. The van der Waals surface area contributed by atoms with Gasteiger partial charge in [0.05, 0.1) is 6.61 Å². The average molecular weight is 290 g/mol. The molecule has 0 aromatic heterocycles. The Morgan fingerprint density at radius 1 is 1.10 bits per heavy atom. The Labute approximate surface area is 129 Å². The van der Waals surface area contributed by atoms with E-state index in [-0.39, 0.29) is 0 Å². The van der Waals surface area contributed by atoms with Gasteiger partial charge in [0.25, 0.3) is 0 Å². The molecule has 21 heavy (non-hydrogen) atoms. The van der Waals surface area contributed by atoms with Crippen molar-refractivity contribution in [3.8, 4) is 5.75 Å². The molecule has 0 atom stereocenters. The smallest absolute Gasteiger partial charge is 0.119 e. The van der Waals surface area contributed by atoms with E-state index in [9.17, 15) is 0 Å². The average Bonchev–Trinajstić information content (AvgIpc) is 3.02. The summed E-state index contributed by atoms with van der Waals surface area (Å²) in [6.07, 6.45) is 6.33. The van der Waals surface area contributed by atoms with Crippen LogP contribution in [0.3, 0.4) is 0 Å². The molecule has 1 fully saturated rings. The number of ether oxygens (including phenoxy) is 1. The Kier molecular flexibility index (Phi) is 7.61. The number of hydrogen-bond acceptors (Lipinski definition) is 3. The molecular weight excluding hydrogens is 260 g/mol. The van der Waals surface area contributed by atoms with Crippen molar-refractivity contribution in [3.05, 3.63) is 29.8 Å². The quantitative estimate of drug-likeness (QED) is 0.668. The lowest BCUT2D eigenvalue weighted by atomic mass is 10.2. The minimum absolute atomic E-state index is 0.824. The lowest BCUT2D eigenvalue weighted by molar-refractivity contribution is 0.309. The number of hydrogen-bond donors (Lipinski definition) is 1. The van der Waals surface area contributed by atoms with Gasteiger partial charge in [-0.25, -0.2) is 0 Å². The Morgan fingerprint density at radius 3 is 2.57 bits per heavy atom. The third-order valence-electron chi connectivity index (χ3n) is 4.05. The highest BCUT2D eigenvalue weighted by atomic mass is 16.5. The molecule has 0 spiro atoms. The lowest BCUT2D eigenvalue weighted by Crippen LogP contribution is -2.24. The van der Waals surface area contributed by atoms with Gasteiger partial charge in [0.2, 0.25) is 0 Å². The molecule has 3 heteroatoms. The minimum atomic E-state index is 0.824. The summed E-state index contributed by atoms with van der Waals surface area (Å²) >= 11 is 0. The second kappa shape index (κ2) is 9.80. The molecule has 0 aliphatic carbocycles. The van der Waals surface area contributed by atoms with Crippen molar-refractivity contribution in [2.75, 3.05) is 32.8 Å². The zero-order chi connectivity index (χ0) is 14.8. The van der Waals surface area contributed by atoms with Crippen molar-refractivity contribution < 1.29 is 4.74 Å². The number of unbranched alkanes of at least 4 members (excludes halogenated alkanes) is 1. The summed E-state index contributed by atoms with van der Waals surface area (Å²) in [7, 11) is 0. The first-order valence-corrected chi connectivity index (χ1v) is 8.53. The van der Waals surface area contributed by atoms with Crippen LogP contribution >= 0.6 is 0 Å². The standard InChI is InChI=1S/C18H30N2O/c1-2-3-15-21-18-9-7-17(8-10-18)16-19-11-6-14-20-12-4-5-13-20/h7-10,19H,2-6,11-16H2,1H3. The molecule has 1 N–H and O–H groups in total. The highest BCUT2D eigenvalue weighted by Gasteiger charge is 2.09. The van der Waals surface area contributed by atoms with Crippen LogP contribution in [0, 0.1) is 0 Å². The highest BCUT2D eigenvalue weighted by molar-refractivity contribution is 5.27. The van der Waals surface area contributed by atoms with Crippen LogP contribution in [0.15, 0.2) is 24.3 Å². The molecule has 0 unspecified atom stereocenters. The molecular formula is C18H30N2O. The van der Waals surface area contributed by atoms with Crippen molar-refractivity contribution in [2.45, 2.75) is 45.6 Å². The highest BCUT2D eigenvalue weighted by Crippen LogP contribution is 2.12. The summed E-state index contributed by atoms with van der Waals surface area (Å²) < 4.78 is 5.68. The van der Waals surface area contributed by atoms with Gasteiger partial charge in [0.1, 0.15) is 5.75 Å². The fraction of sp³-hybridized carbons (Fsp3) is 0.667. The Balaban J connectivity index is 1.55. The van der Waals surface area contributed by atoms with Crippen molar-refractivity contribution in [1.82, 2.24) is 10.2 Å². The van der Waals surface area contributed by atoms with E-state index in [1.54, 1.807) is 0 Å². The Hall–Kier alpha value is -1.06. The first-order chi connectivity index (χ1) is 10.4. The monoisotopic (exact) mass is 290 g/mol. The molecule has 0 amide bonds. The summed E-state index contributed by atoms with van der Waals surface area (Å²) in [4.78, 5) is 2.57. The summed E-state index contributed by atoms with van der Waals surface area (Å²) in [6.45, 7) is 8.92. The Bertz CT molecular complexity index is 371. The van der Waals surface area contributed by atoms with Crippen molar-refractivity contribution in [2.24, 2.45) is 0 Å². The first kappa shape index (κ1) is 16.3. The maximum Gasteiger partial charge on any atom is 0.119 e. The molecule has 0 radical (unpaired) electrons. The van der Waals surface area contributed by atoms with Crippen LogP contribution in [0.2, 0.25) is 0 Å². The fourth-order valence-corrected chi connectivity index (χ4v) is 2.70. The van der Waals surface area contributed by atoms with Crippen molar-refractivity contribution in [3.63, 3.8) is 0 Å². The SMILES string of the molecule is CCCCOc1ccc(CNCCCN2CCCC2)cc1. The number of benzene rings is 1. The van der Waals surface area contributed by atoms with Crippen LogP contribution in [0.5, 0.6) is 5.75 Å². The van der Waals surface area contributed by atoms with E-state index < -0.39 is 0 Å². The van der Waals surface area contributed by atoms with E-state index in [1.165, 1.54) is 50.9 Å². The number of nitrogens with zero attached hydrogens (tertiary/aromatic N) is 1. The van der Waals surface area contributed by atoms with Gasteiger partial charge in [-0.3, -0.25) is 0 Å². The molecule has 118 valence electrons. The van der Waals surface area contributed by atoms with Crippen LogP contribution in [-0.2, 0) is 6.54 Å².